The van der Waals surface area contributed by atoms with Gasteiger partial charge in [0.25, 0.3) is 5.69 Å². The number of nitro groups is 1. The lowest BCUT2D eigenvalue weighted by molar-refractivity contribution is -0.384. The SMILES string of the molecule is O=[N+]([O-])c1ccc(COCC(F)(F)F)cc1. The predicted octanol–water partition coefficient (Wildman–Crippen LogP) is 2.67. The highest BCUT2D eigenvalue weighted by molar-refractivity contribution is 5.32. The number of alkyl halides is 3. The Hall–Kier alpha value is -1.63. The van der Waals surface area contributed by atoms with E-state index in [9.17, 15) is 23.3 Å². The zero-order valence-corrected chi connectivity index (χ0v) is 8.03. The largest absolute Gasteiger partial charge is 0.411 e. The minimum atomic E-state index is -4.36. The van der Waals surface area contributed by atoms with E-state index in [1.807, 2.05) is 0 Å². The molecule has 0 aromatic heterocycles. The van der Waals surface area contributed by atoms with Crippen LogP contribution in [0.4, 0.5) is 18.9 Å². The molecule has 0 amide bonds. The van der Waals surface area contributed by atoms with Crippen LogP contribution in [0.3, 0.4) is 0 Å². The minimum absolute atomic E-state index is 0.112. The standard InChI is InChI=1S/C9H8F3NO3/c10-9(11,12)6-16-5-7-1-3-8(4-2-7)13(14)15/h1-4H,5-6H2. The van der Waals surface area contributed by atoms with Crippen LogP contribution in [0.2, 0.25) is 0 Å². The number of benzene rings is 1. The van der Waals surface area contributed by atoms with E-state index in [0.717, 1.165) is 0 Å². The smallest absolute Gasteiger partial charge is 0.367 e. The molecule has 7 heteroatoms. The van der Waals surface area contributed by atoms with Crippen LogP contribution in [-0.2, 0) is 11.3 Å². The van der Waals surface area contributed by atoms with Crippen LogP contribution in [-0.4, -0.2) is 17.7 Å². The summed E-state index contributed by atoms with van der Waals surface area (Å²) in [7, 11) is 0. The Morgan fingerprint density at radius 1 is 1.25 bits per heavy atom. The van der Waals surface area contributed by atoms with Gasteiger partial charge in [-0.3, -0.25) is 10.1 Å². The van der Waals surface area contributed by atoms with Crippen molar-refractivity contribution in [3.05, 3.63) is 39.9 Å². The van der Waals surface area contributed by atoms with Crippen molar-refractivity contribution in [3.8, 4) is 0 Å². The number of non-ortho nitro benzene ring substituents is 1. The fraction of sp³-hybridized carbons (Fsp3) is 0.333. The second-order valence-electron chi connectivity index (χ2n) is 3.03. The van der Waals surface area contributed by atoms with E-state index >= 15 is 0 Å². The Morgan fingerprint density at radius 2 is 1.81 bits per heavy atom. The van der Waals surface area contributed by atoms with Crippen molar-refractivity contribution in [2.45, 2.75) is 12.8 Å². The normalized spacial score (nSPS) is 11.4. The highest BCUT2D eigenvalue weighted by atomic mass is 19.4. The molecule has 0 saturated carbocycles. The summed E-state index contributed by atoms with van der Waals surface area (Å²) >= 11 is 0. The highest BCUT2D eigenvalue weighted by Gasteiger charge is 2.27. The number of halogens is 3. The zero-order chi connectivity index (χ0) is 12.2. The number of nitro benzene ring substituents is 1. The number of rotatable bonds is 4. The average molecular weight is 235 g/mol. The summed E-state index contributed by atoms with van der Waals surface area (Å²) in [4.78, 5) is 9.70. The molecule has 0 spiro atoms. The van der Waals surface area contributed by atoms with Crippen molar-refractivity contribution in [2.24, 2.45) is 0 Å². The second-order valence-corrected chi connectivity index (χ2v) is 3.03. The Labute approximate surface area is 88.8 Å². The van der Waals surface area contributed by atoms with E-state index in [1.54, 1.807) is 0 Å². The third-order valence-electron chi connectivity index (χ3n) is 1.68. The van der Waals surface area contributed by atoms with E-state index in [-0.39, 0.29) is 12.3 Å². The molecule has 1 aromatic carbocycles. The van der Waals surface area contributed by atoms with Gasteiger partial charge >= 0.3 is 6.18 Å². The van der Waals surface area contributed by atoms with Gasteiger partial charge in [0.1, 0.15) is 6.61 Å². The molecule has 0 saturated heterocycles. The van der Waals surface area contributed by atoms with Crippen LogP contribution in [0.25, 0.3) is 0 Å². The van der Waals surface area contributed by atoms with Crippen LogP contribution >= 0.6 is 0 Å². The first-order valence-electron chi connectivity index (χ1n) is 4.26. The maximum Gasteiger partial charge on any atom is 0.411 e. The molecule has 0 heterocycles. The van der Waals surface area contributed by atoms with Gasteiger partial charge in [0.2, 0.25) is 0 Å². The molecular weight excluding hydrogens is 227 g/mol. The molecule has 1 rings (SSSR count). The lowest BCUT2D eigenvalue weighted by Gasteiger charge is -2.07. The maximum atomic E-state index is 11.7. The van der Waals surface area contributed by atoms with Gasteiger partial charge in [0.05, 0.1) is 11.5 Å². The van der Waals surface area contributed by atoms with E-state index < -0.39 is 17.7 Å². The maximum absolute atomic E-state index is 11.7. The highest BCUT2D eigenvalue weighted by Crippen LogP contribution is 2.16. The molecule has 0 radical (unpaired) electrons. The van der Waals surface area contributed by atoms with Crippen LogP contribution in [0, 0.1) is 10.1 Å². The summed E-state index contributed by atoms with van der Waals surface area (Å²) in [6, 6.07) is 5.14. The van der Waals surface area contributed by atoms with Crippen LogP contribution in [0.1, 0.15) is 5.56 Å². The predicted molar refractivity (Wildman–Crippen MR) is 48.8 cm³/mol. The van der Waals surface area contributed by atoms with Crippen molar-refractivity contribution in [1.29, 1.82) is 0 Å². The summed E-state index contributed by atoms with van der Waals surface area (Å²) in [5.74, 6) is 0. The lowest BCUT2D eigenvalue weighted by Crippen LogP contribution is -2.16. The van der Waals surface area contributed by atoms with E-state index in [2.05, 4.69) is 4.74 Å². The van der Waals surface area contributed by atoms with Crippen LogP contribution in [0.15, 0.2) is 24.3 Å². The van der Waals surface area contributed by atoms with Crippen molar-refractivity contribution in [2.75, 3.05) is 6.61 Å². The molecule has 0 unspecified atom stereocenters. The van der Waals surface area contributed by atoms with Crippen molar-refractivity contribution >= 4 is 5.69 Å². The Morgan fingerprint density at radius 3 is 2.25 bits per heavy atom. The Kier molecular flexibility index (Phi) is 3.83. The Balaban J connectivity index is 2.47. The number of hydrogen-bond donors (Lipinski definition) is 0. The monoisotopic (exact) mass is 235 g/mol. The number of ether oxygens (including phenoxy) is 1. The molecule has 0 N–H and O–H groups in total. The topological polar surface area (TPSA) is 52.4 Å². The van der Waals surface area contributed by atoms with E-state index in [1.165, 1.54) is 24.3 Å². The first kappa shape index (κ1) is 12.4. The van der Waals surface area contributed by atoms with Crippen LogP contribution in [0.5, 0.6) is 0 Å². The van der Waals surface area contributed by atoms with Crippen molar-refractivity contribution < 1.29 is 22.8 Å². The van der Waals surface area contributed by atoms with E-state index in [0.29, 0.717) is 5.56 Å². The van der Waals surface area contributed by atoms with Gasteiger partial charge in [0.15, 0.2) is 0 Å². The van der Waals surface area contributed by atoms with Crippen molar-refractivity contribution in [3.63, 3.8) is 0 Å². The molecule has 0 fully saturated rings. The number of nitrogens with zero attached hydrogens (tertiary/aromatic N) is 1. The van der Waals surface area contributed by atoms with Gasteiger partial charge in [-0.05, 0) is 17.7 Å². The number of hydrogen-bond acceptors (Lipinski definition) is 3. The molecular formula is C9H8F3NO3. The fourth-order valence-corrected chi connectivity index (χ4v) is 0.998. The quantitative estimate of drug-likeness (QED) is 0.595. The molecule has 0 aliphatic heterocycles. The van der Waals surface area contributed by atoms with Gasteiger partial charge in [-0.2, -0.15) is 13.2 Å². The molecule has 0 aliphatic carbocycles. The Bertz CT molecular complexity index is 361. The zero-order valence-electron chi connectivity index (χ0n) is 8.03. The summed E-state index contributed by atoms with van der Waals surface area (Å²) < 4.78 is 39.5. The summed E-state index contributed by atoms with van der Waals surface area (Å²) in [5.41, 5.74) is 0.342. The molecule has 1 aromatic rings. The first-order chi connectivity index (χ1) is 7.38. The molecule has 16 heavy (non-hydrogen) atoms. The fourth-order valence-electron chi connectivity index (χ4n) is 0.998. The van der Waals surface area contributed by atoms with Crippen LogP contribution < -0.4 is 0 Å². The molecule has 0 aliphatic rings. The average Bonchev–Trinajstić information content (AvgIpc) is 2.16. The summed E-state index contributed by atoms with van der Waals surface area (Å²) in [6.45, 7) is -1.55. The van der Waals surface area contributed by atoms with Crippen molar-refractivity contribution in [1.82, 2.24) is 0 Å². The molecule has 88 valence electrons. The summed E-state index contributed by atoms with van der Waals surface area (Å²) in [6.07, 6.45) is -4.36. The molecule has 0 bridgehead atoms. The first-order valence-corrected chi connectivity index (χ1v) is 4.26. The summed E-state index contributed by atoms with van der Waals surface area (Å²) in [5, 5.41) is 10.3. The third kappa shape index (κ3) is 4.26. The lowest BCUT2D eigenvalue weighted by atomic mass is 10.2. The van der Waals surface area contributed by atoms with Gasteiger partial charge in [-0.1, -0.05) is 0 Å². The second kappa shape index (κ2) is 4.93. The van der Waals surface area contributed by atoms with Gasteiger partial charge in [-0.15, -0.1) is 0 Å². The van der Waals surface area contributed by atoms with Gasteiger partial charge in [-0.25, -0.2) is 0 Å². The third-order valence-corrected chi connectivity index (χ3v) is 1.68. The van der Waals surface area contributed by atoms with Gasteiger partial charge in [0, 0.05) is 12.1 Å². The molecule has 4 nitrogen and oxygen atoms in total. The van der Waals surface area contributed by atoms with E-state index in [4.69, 9.17) is 0 Å². The minimum Gasteiger partial charge on any atom is -0.367 e. The van der Waals surface area contributed by atoms with Gasteiger partial charge < -0.3 is 4.74 Å². The molecule has 0 atom stereocenters.